The second-order valence-corrected chi connectivity index (χ2v) is 5.71. The molecular weight excluding hydrogens is 236 g/mol. The average Bonchev–Trinajstić information content (AvgIpc) is 2.85. The van der Waals surface area contributed by atoms with E-state index in [9.17, 15) is 5.11 Å². The molecule has 2 atom stereocenters. The molecule has 2 rings (SSSR count). The first-order valence-corrected chi connectivity index (χ1v) is 7.27. The van der Waals surface area contributed by atoms with Crippen molar-refractivity contribution in [1.29, 1.82) is 0 Å². The van der Waals surface area contributed by atoms with E-state index in [1.807, 2.05) is 7.05 Å². The lowest BCUT2D eigenvalue weighted by Crippen LogP contribution is -2.46. The molecule has 2 unspecified atom stereocenters. The summed E-state index contributed by atoms with van der Waals surface area (Å²) in [5.74, 6) is 0. The van der Waals surface area contributed by atoms with E-state index in [0.717, 1.165) is 25.8 Å². The molecule has 1 saturated carbocycles. The fourth-order valence-electron chi connectivity index (χ4n) is 3.27. The number of nitrogens with one attached hydrogen (secondary N) is 1. The Kier molecular flexibility index (Phi) is 4.48. The van der Waals surface area contributed by atoms with Gasteiger partial charge in [-0.2, -0.15) is 0 Å². The molecule has 2 N–H and O–H groups in total. The average molecular weight is 262 g/mol. The first-order chi connectivity index (χ1) is 9.14. The van der Waals surface area contributed by atoms with E-state index >= 15 is 0 Å². The van der Waals surface area contributed by atoms with Crippen LogP contribution in [0.25, 0.3) is 0 Å². The number of hydrogen-bond donors (Lipinski definition) is 2. The van der Waals surface area contributed by atoms with E-state index in [1.54, 1.807) is 0 Å². The first kappa shape index (κ1) is 14.4. The van der Waals surface area contributed by atoms with Gasteiger partial charge in [0.05, 0.1) is 6.61 Å². The van der Waals surface area contributed by atoms with Crippen LogP contribution in [0.4, 0.5) is 5.69 Å². The monoisotopic (exact) mass is 262 g/mol. The SMILES string of the molecule is CCN(c1cccc(C)c1)C1CCC(CO)(NC)C1. The van der Waals surface area contributed by atoms with Gasteiger partial charge >= 0.3 is 0 Å². The molecule has 0 aliphatic heterocycles. The van der Waals surface area contributed by atoms with E-state index in [0.29, 0.717) is 6.04 Å². The minimum absolute atomic E-state index is 0.0814. The van der Waals surface area contributed by atoms with E-state index in [1.165, 1.54) is 11.3 Å². The standard InChI is InChI=1S/C16H26N2O/c1-4-18(14-7-5-6-13(2)10-14)15-8-9-16(11-15,12-19)17-3/h5-7,10,15,17,19H,4,8-9,11-12H2,1-3H3. The normalized spacial score (nSPS) is 26.6. The van der Waals surface area contributed by atoms with Crippen molar-refractivity contribution in [2.45, 2.75) is 44.7 Å². The van der Waals surface area contributed by atoms with Crippen LogP contribution >= 0.6 is 0 Å². The van der Waals surface area contributed by atoms with Gasteiger partial charge < -0.3 is 15.3 Å². The Balaban J connectivity index is 2.16. The van der Waals surface area contributed by atoms with Gasteiger partial charge in [-0.05, 0) is 57.9 Å². The molecule has 106 valence electrons. The lowest BCUT2D eigenvalue weighted by molar-refractivity contribution is 0.171. The number of anilines is 1. The molecule has 3 nitrogen and oxygen atoms in total. The molecule has 1 aliphatic carbocycles. The maximum atomic E-state index is 9.62. The van der Waals surface area contributed by atoms with Crippen molar-refractivity contribution in [2.75, 3.05) is 25.1 Å². The third kappa shape index (κ3) is 2.93. The number of aryl methyl sites for hydroxylation is 1. The molecule has 0 saturated heterocycles. The van der Waals surface area contributed by atoms with Crippen LogP contribution in [0.15, 0.2) is 24.3 Å². The predicted octanol–water partition coefficient (Wildman–Crippen LogP) is 2.32. The highest BCUT2D eigenvalue weighted by Crippen LogP contribution is 2.34. The molecule has 1 aromatic carbocycles. The number of likely N-dealkylation sites (N-methyl/N-ethyl adjacent to an activating group) is 1. The van der Waals surface area contributed by atoms with Crippen LogP contribution in [-0.2, 0) is 0 Å². The number of benzene rings is 1. The molecule has 19 heavy (non-hydrogen) atoms. The molecular formula is C16H26N2O. The Labute approximate surface area is 116 Å². The number of nitrogens with zero attached hydrogens (tertiary/aromatic N) is 1. The quantitative estimate of drug-likeness (QED) is 0.855. The zero-order chi connectivity index (χ0) is 13.9. The summed E-state index contributed by atoms with van der Waals surface area (Å²) < 4.78 is 0. The summed E-state index contributed by atoms with van der Waals surface area (Å²) in [4.78, 5) is 2.47. The molecule has 0 spiro atoms. The minimum atomic E-state index is -0.0814. The van der Waals surface area contributed by atoms with Crippen molar-refractivity contribution in [2.24, 2.45) is 0 Å². The number of aliphatic hydroxyl groups excluding tert-OH is 1. The number of rotatable bonds is 5. The van der Waals surface area contributed by atoms with Gasteiger partial charge in [0.1, 0.15) is 0 Å². The van der Waals surface area contributed by atoms with Crippen molar-refractivity contribution in [3.8, 4) is 0 Å². The summed E-state index contributed by atoms with van der Waals surface area (Å²) in [5.41, 5.74) is 2.52. The highest BCUT2D eigenvalue weighted by atomic mass is 16.3. The summed E-state index contributed by atoms with van der Waals surface area (Å²) in [6.45, 7) is 5.59. The fourth-order valence-corrected chi connectivity index (χ4v) is 3.27. The summed E-state index contributed by atoms with van der Waals surface area (Å²) in [7, 11) is 1.96. The molecule has 1 aromatic rings. The molecule has 0 radical (unpaired) electrons. The summed E-state index contributed by atoms with van der Waals surface area (Å²) in [5, 5.41) is 12.9. The van der Waals surface area contributed by atoms with Gasteiger partial charge in [-0.25, -0.2) is 0 Å². The molecule has 0 aromatic heterocycles. The van der Waals surface area contributed by atoms with Crippen molar-refractivity contribution >= 4 is 5.69 Å². The van der Waals surface area contributed by atoms with Gasteiger partial charge in [0, 0.05) is 23.8 Å². The zero-order valence-corrected chi connectivity index (χ0v) is 12.3. The summed E-state index contributed by atoms with van der Waals surface area (Å²) in [6.07, 6.45) is 3.21. The van der Waals surface area contributed by atoms with Crippen LogP contribution < -0.4 is 10.2 Å². The van der Waals surface area contributed by atoms with Gasteiger partial charge in [-0.3, -0.25) is 0 Å². The van der Waals surface area contributed by atoms with Gasteiger partial charge in [-0.15, -0.1) is 0 Å². The highest BCUT2D eigenvalue weighted by molar-refractivity contribution is 5.49. The van der Waals surface area contributed by atoms with Crippen LogP contribution in [-0.4, -0.2) is 36.9 Å². The molecule has 0 bridgehead atoms. The maximum Gasteiger partial charge on any atom is 0.0614 e. The first-order valence-electron chi connectivity index (χ1n) is 7.27. The van der Waals surface area contributed by atoms with Gasteiger partial charge in [0.2, 0.25) is 0 Å². The molecule has 0 heterocycles. The second-order valence-electron chi connectivity index (χ2n) is 5.71. The minimum Gasteiger partial charge on any atom is -0.394 e. The highest BCUT2D eigenvalue weighted by Gasteiger charge is 2.39. The van der Waals surface area contributed by atoms with Crippen molar-refractivity contribution in [3.63, 3.8) is 0 Å². The van der Waals surface area contributed by atoms with Crippen LogP contribution in [0.3, 0.4) is 0 Å². The van der Waals surface area contributed by atoms with Crippen molar-refractivity contribution < 1.29 is 5.11 Å². The number of hydrogen-bond acceptors (Lipinski definition) is 3. The maximum absolute atomic E-state index is 9.62. The third-order valence-electron chi connectivity index (χ3n) is 4.53. The largest absolute Gasteiger partial charge is 0.394 e. The Morgan fingerprint density at radius 2 is 2.26 bits per heavy atom. The topological polar surface area (TPSA) is 35.5 Å². The van der Waals surface area contributed by atoms with Crippen molar-refractivity contribution in [3.05, 3.63) is 29.8 Å². The van der Waals surface area contributed by atoms with E-state index < -0.39 is 0 Å². The zero-order valence-electron chi connectivity index (χ0n) is 12.3. The van der Waals surface area contributed by atoms with Gasteiger partial charge in [0.15, 0.2) is 0 Å². The molecule has 1 aliphatic rings. The third-order valence-corrected chi connectivity index (χ3v) is 4.53. The fraction of sp³-hybridized carbons (Fsp3) is 0.625. The van der Waals surface area contributed by atoms with Crippen LogP contribution in [0, 0.1) is 6.92 Å². The Bertz CT molecular complexity index is 415. The van der Waals surface area contributed by atoms with E-state index in [-0.39, 0.29) is 12.1 Å². The summed E-state index contributed by atoms with van der Waals surface area (Å²) in [6, 6.07) is 9.22. The van der Waals surface area contributed by atoms with Crippen LogP contribution in [0.1, 0.15) is 31.7 Å². The summed E-state index contributed by atoms with van der Waals surface area (Å²) >= 11 is 0. The Morgan fingerprint density at radius 3 is 2.79 bits per heavy atom. The molecule has 1 fully saturated rings. The lowest BCUT2D eigenvalue weighted by Gasteiger charge is -2.33. The Hall–Kier alpha value is -1.06. The smallest absolute Gasteiger partial charge is 0.0614 e. The van der Waals surface area contributed by atoms with Crippen LogP contribution in [0.2, 0.25) is 0 Å². The van der Waals surface area contributed by atoms with Crippen molar-refractivity contribution in [1.82, 2.24) is 5.32 Å². The second kappa shape index (κ2) is 5.93. The van der Waals surface area contributed by atoms with E-state index in [2.05, 4.69) is 48.3 Å². The molecule has 3 heteroatoms. The van der Waals surface area contributed by atoms with E-state index in [4.69, 9.17) is 0 Å². The predicted molar refractivity (Wildman–Crippen MR) is 80.7 cm³/mol. The number of aliphatic hydroxyl groups is 1. The lowest BCUT2D eigenvalue weighted by atomic mass is 9.98. The van der Waals surface area contributed by atoms with Crippen LogP contribution in [0.5, 0.6) is 0 Å². The van der Waals surface area contributed by atoms with Gasteiger partial charge in [0.25, 0.3) is 0 Å². The Morgan fingerprint density at radius 1 is 1.47 bits per heavy atom. The van der Waals surface area contributed by atoms with Gasteiger partial charge in [-0.1, -0.05) is 12.1 Å². The molecule has 0 amide bonds.